The summed E-state index contributed by atoms with van der Waals surface area (Å²) >= 11 is 0. The number of pyridine rings is 1. The summed E-state index contributed by atoms with van der Waals surface area (Å²) in [5, 5.41) is 11.0. The Balaban J connectivity index is 1.38. The van der Waals surface area contributed by atoms with Gasteiger partial charge in [0.15, 0.2) is 5.79 Å². The van der Waals surface area contributed by atoms with Crippen LogP contribution in [0.3, 0.4) is 0 Å². The zero-order valence-electron chi connectivity index (χ0n) is 15.2. The van der Waals surface area contributed by atoms with E-state index in [4.69, 9.17) is 9.47 Å². The maximum Gasteiger partial charge on any atom is 0.391 e. The maximum atomic E-state index is 12.8. The lowest BCUT2D eigenvalue weighted by Gasteiger charge is -2.40. The van der Waals surface area contributed by atoms with Gasteiger partial charge in [-0.3, -0.25) is 4.98 Å². The Morgan fingerprint density at radius 3 is 2.19 bits per heavy atom. The summed E-state index contributed by atoms with van der Waals surface area (Å²) in [6, 6.07) is 3.64. The molecule has 1 N–H and O–H groups in total. The largest absolute Gasteiger partial charge is 0.391 e. The van der Waals surface area contributed by atoms with Crippen molar-refractivity contribution in [1.29, 1.82) is 0 Å². The van der Waals surface area contributed by atoms with E-state index in [0.717, 1.165) is 5.69 Å². The first-order valence-electron chi connectivity index (χ1n) is 9.58. The number of hydrogen-bond acceptors (Lipinski definition) is 5. The van der Waals surface area contributed by atoms with Gasteiger partial charge in [0.05, 0.1) is 36.7 Å². The molecule has 0 aromatic carbocycles. The van der Waals surface area contributed by atoms with Crippen molar-refractivity contribution in [2.45, 2.75) is 56.1 Å². The monoisotopic (exact) mass is 386 g/mol. The van der Waals surface area contributed by atoms with Gasteiger partial charge in [0.25, 0.3) is 0 Å². The van der Waals surface area contributed by atoms with Crippen LogP contribution >= 0.6 is 0 Å². The van der Waals surface area contributed by atoms with E-state index in [-0.39, 0.29) is 12.8 Å². The fourth-order valence-corrected chi connectivity index (χ4v) is 4.40. The summed E-state index contributed by atoms with van der Waals surface area (Å²) in [4.78, 5) is 6.37. The SMILES string of the molecule is OC1(c2ccc(N3CCC(C(F)(F)F)CC3)cn2)CCC2(CC1)OCCO2. The van der Waals surface area contributed by atoms with Crippen LogP contribution in [0.1, 0.15) is 44.2 Å². The second-order valence-corrected chi connectivity index (χ2v) is 7.84. The van der Waals surface area contributed by atoms with E-state index in [1.807, 2.05) is 11.0 Å². The predicted molar refractivity (Wildman–Crippen MR) is 92.2 cm³/mol. The van der Waals surface area contributed by atoms with Gasteiger partial charge in [-0.2, -0.15) is 13.2 Å². The van der Waals surface area contributed by atoms with E-state index in [1.54, 1.807) is 12.3 Å². The van der Waals surface area contributed by atoms with Crippen LogP contribution in [0, 0.1) is 5.92 Å². The number of ether oxygens (including phenoxy) is 2. The molecule has 1 spiro atoms. The van der Waals surface area contributed by atoms with E-state index in [9.17, 15) is 18.3 Å². The molecule has 1 saturated carbocycles. The number of aliphatic hydroxyl groups is 1. The van der Waals surface area contributed by atoms with Crippen LogP contribution < -0.4 is 4.90 Å². The highest BCUT2D eigenvalue weighted by molar-refractivity contribution is 5.45. The van der Waals surface area contributed by atoms with E-state index >= 15 is 0 Å². The summed E-state index contributed by atoms with van der Waals surface area (Å²) in [5.41, 5.74) is 0.393. The molecule has 1 aromatic heterocycles. The molecule has 2 saturated heterocycles. The normalized spacial score (nSPS) is 25.9. The molecule has 150 valence electrons. The standard InChI is InChI=1S/C19H25F3N2O3/c20-19(21,22)14-3-9-24(10-4-14)15-1-2-16(23-13-15)17(25)5-7-18(8-6-17)26-11-12-27-18/h1-2,13-14,25H,3-12H2. The highest BCUT2D eigenvalue weighted by Gasteiger charge is 2.47. The highest BCUT2D eigenvalue weighted by atomic mass is 19.4. The molecule has 27 heavy (non-hydrogen) atoms. The van der Waals surface area contributed by atoms with E-state index in [0.29, 0.717) is 57.7 Å². The van der Waals surface area contributed by atoms with E-state index in [2.05, 4.69) is 4.98 Å². The highest BCUT2D eigenvalue weighted by Crippen LogP contribution is 2.44. The molecular formula is C19H25F3N2O3. The molecule has 0 unspecified atom stereocenters. The third-order valence-electron chi connectivity index (χ3n) is 6.20. The van der Waals surface area contributed by atoms with Crippen molar-refractivity contribution < 1.29 is 27.8 Å². The fraction of sp³-hybridized carbons (Fsp3) is 0.737. The summed E-state index contributed by atoms with van der Waals surface area (Å²) in [6.45, 7) is 1.92. The van der Waals surface area contributed by atoms with Crippen molar-refractivity contribution in [2.75, 3.05) is 31.2 Å². The van der Waals surface area contributed by atoms with Crippen molar-refractivity contribution in [1.82, 2.24) is 4.98 Å². The second-order valence-electron chi connectivity index (χ2n) is 7.84. The topological polar surface area (TPSA) is 54.8 Å². The number of hydrogen-bond donors (Lipinski definition) is 1. The van der Waals surface area contributed by atoms with Crippen LogP contribution in [0.15, 0.2) is 18.3 Å². The zero-order chi connectivity index (χ0) is 19.1. The lowest BCUT2D eigenvalue weighted by Crippen LogP contribution is -2.42. The van der Waals surface area contributed by atoms with Gasteiger partial charge in [-0.15, -0.1) is 0 Å². The number of anilines is 1. The number of nitrogens with zero attached hydrogens (tertiary/aromatic N) is 2. The molecule has 3 aliphatic rings. The van der Waals surface area contributed by atoms with Crippen LogP contribution in [0.25, 0.3) is 0 Å². The van der Waals surface area contributed by atoms with Crippen LogP contribution in [-0.4, -0.2) is 48.4 Å². The first kappa shape index (κ1) is 19.0. The average Bonchev–Trinajstić information content (AvgIpc) is 3.13. The van der Waals surface area contributed by atoms with Crippen LogP contribution in [0.5, 0.6) is 0 Å². The summed E-state index contributed by atoms with van der Waals surface area (Å²) < 4.78 is 49.8. The van der Waals surface area contributed by atoms with Gasteiger partial charge in [-0.1, -0.05) is 0 Å². The van der Waals surface area contributed by atoms with Gasteiger partial charge in [0.1, 0.15) is 5.60 Å². The Bertz CT molecular complexity index is 641. The number of alkyl halides is 3. The number of rotatable bonds is 2. The lowest BCUT2D eigenvalue weighted by atomic mass is 9.79. The zero-order valence-corrected chi connectivity index (χ0v) is 15.2. The lowest BCUT2D eigenvalue weighted by molar-refractivity contribution is -0.204. The van der Waals surface area contributed by atoms with Gasteiger partial charge in [0, 0.05) is 25.9 Å². The Labute approximate surface area is 156 Å². The molecule has 3 heterocycles. The molecule has 0 bridgehead atoms. The Morgan fingerprint density at radius 1 is 1.04 bits per heavy atom. The number of halogens is 3. The Morgan fingerprint density at radius 2 is 1.67 bits per heavy atom. The first-order chi connectivity index (χ1) is 12.8. The molecule has 8 heteroatoms. The molecule has 5 nitrogen and oxygen atoms in total. The summed E-state index contributed by atoms with van der Waals surface area (Å²) in [6.07, 6.45) is 0.0354. The maximum absolute atomic E-state index is 12.8. The Kier molecular flexibility index (Phi) is 4.84. The molecule has 3 fully saturated rings. The summed E-state index contributed by atoms with van der Waals surface area (Å²) in [5.74, 6) is -1.76. The van der Waals surface area contributed by atoms with E-state index < -0.39 is 23.5 Å². The van der Waals surface area contributed by atoms with Gasteiger partial charge in [-0.05, 0) is 37.8 Å². The predicted octanol–water partition coefficient (Wildman–Crippen LogP) is 3.37. The van der Waals surface area contributed by atoms with Crippen LogP contribution in [0.2, 0.25) is 0 Å². The minimum atomic E-state index is -4.11. The van der Waals surface area contributed by atoms with Crippen molar-refractivity contribution >= 4 is 5.69 Å². The minimum absolute atomic E-state index is 0.108. The third kappa shape index (κ3) is 3.79. The smallest absolute Gasteiger partial charge is 0.384 e. The quantitative estimate of drug-likeness (QED) is 0.845. The van der Waals surface area contributed by atoms with Crippen molar-refractivity contribution in [3.05, 3.63) is 24.0 Å². The Hall–Kier alpha value is -1.38. The van der Waals surface area contributed by atoms with Gasteiger partial charge >= 0.3 is 6.18 Å². The second kappa shape index (κ2) is 6.90. The van der Waals surface area contributed by atoms with Crippen LogP contribution in [0.4, 0.5) is 18.9 Å². The van der Waals surface area contributed by atoms with Gasteiger partial charge in [-0.25, -0.2) is 0 Å². The first-order valence-corrected chi connectivity index (χ1v) is 9.58. The van der Waals surface area contributed by atoms with Gasteiger partial charge < -0.3 is 19.5 Å². The molecular weight excluding hydrogens is 361 g/mol. The fourth-order valence-electron chi connectivity index (χ4n) is 4.40. The van der Waals surface area contributed by atoms with E-state index in [1.165, 1.54) is 0 Å². The van der Waals surface area contributed by atoms with Crippen molar-refractivity contribution in [3.8, 4) is 0 Å². The van der Waals surface area contributed by atoms with Crippen molar-refractivity contribution in [2.24, 2.45) is 5.92 Å². The molecule has 1 aliphatic carbocycles. The molecule has 0 amide bonds. The van der Waals surface area contributed by atoms with Crippen LogP contribution in [-0.2, 0) is 15.1 Å². The molecule has 2 aliphatic heterocycles. The van der Waals surface area contributed by atoms with Crippen molar-refractivity contribution in [3.63, 3.8) is 0 Å². The summed E-state index contributed by atoms with van der Waals surface area (Å²) in [7, 11) is 0. The molecule has 0 atom stereocenters. The third-order valence-corrected chi connectivity index (χ3v) is 6.20. The number of piperidine rings is 1. The molecule has 0 radical (unpaired) electrons. The van der Waals surface area contributed by atoms with Gasteiger partial charge in [0.2, 0.25) is 0 Å². The molecule has 4 rings (SSSR count). The molecule has 1 aromatic rings. The number of aromatic nitrogens is 1. The average molecular weight is 386 g/mol. The minimum Gasteiger partial charge on any atom is -0.384 e.